The number of allylic oxidation sites excluding steroid dienone is 4. The lowest BCUT2D eigenvalue weighted by Gasteiger charge is -2.33. The number of rotatable bonds is 5. The second-order valence-corrected chi connectivity index (χ2v) is 8.83. The minimum atomic E-state index is -0.0304. The van der Waals surface area contributed by atoms with E-state index >= 15 is 0 Å². The summed E-state index contributed by atoms with van der Waals surface area (Å²) < 4.78 is 0.444. The molecule has 2 aliphatic rings. The van der Waals surface area contributed by atoms with Gasteiger partial charge in [0.25, 0.3) is 5.56 Å². The molecule has 1 aromatic heterocycles. The molecule has 4 heteroatoms. The van der Waals surface area contributed by atoms with Crippen molar-refractivity contribution in [1.29, 1.82) is 0 Å². The molecule has 1 fully saturated rings. The zero-order chi connectivity index (χ0) is 20.2. The van der Waals surface area contributed by atoms with Crippen molar-refractivity contribution in [2.24, 2.45) is 11.8 Å². The van der Waals surface area contributed by atoms with Crippen LogP contribution in [0.1, 0.15) is 67.3 Å². The lowest BCUT2D eigenvalue weighted by atomic mass is 9.72. The van der Waals surface area contributed by atoms with Crippen molar-refractivity contribution in [3.05, 3.63) is 86.1 Å². The highest BCUT2D eigenvalue weighted by Crippen LogP contribution is 2.40. The summed E-state index contributed by atoms with van der Waals surface area (Å²) in [5.74, 6) is 1.82. The summed E-state index contributed by atoms with van der Waals surface area (Å²) in [5, 5.41) is 0. The van der Waals surface area contributed by atoms with Crippen LogP contribution in [0.4, 0.5) is 0 Å². The molecule has 1 aromatic carbocycles. The van der Waals surface area contributed by atoms with E-state index < -0.39 is 0 Å². The van der Waals surface area contributed by atoms with Gasteiger partial charge in [0.15, 0.2) is 4.77 Å². The number of nitrogens with one attached hydrogen (secondary N) is 2. The normalized spacial score (nSPS) is 24.0. The van der Waals surface area contributed by atoms with Crippen molar-refractivity contribution >= 4 is 12.2 Å². The van der Waals surface area contributed by atoms with Crippen molar-refractivity contribution in [3.8, 4) is 0 Å². The maximum atomic E-state index is 12.9. The van der Waals surface area contributed by atoms with Crippen LogP contribution in [0.15, 0.2) is 53.4 Å². The molecule has 3 nitrogen and oxygen atoms in total. The summed E-state index contributed by atoms with van der Waals surface area (Å²) >= 11 is 5.33. The Labute approximate surface area is 178 Å². The monoisotopic (exact) mass is 406 g/mol. The summed E-state index contributed by atoms with van der Waals surface area (Å²) in [4.78, 5) is 19.1. The molecule has 0 spiro atoms. The summed E-state index contributed by atoms with van der Waals surface area (Å²) in [6.07, 6.45) is 16.5. The first-order chi connectivity index (χ1) is 14.2. The Kier molecular flexibility index (Phi) is 6.29. The topological polar surface area (TPSA) is 48.6 Å². The SMILES string of the molecule is CCc1ccccc1Cc1c(=O)[nH]c(=S)[nH]c1[C@H]1CC[C@H](C2C=CC=CC2)CC1. The minimum Gasteiger partial charge on any atom is -0.335 e. The Bertz CT molecular complexity index is 1020. The molecule has 1 saturated carbocycles. The van der Waals surface area contributed by atoms with Gasteiger partial charge in [0, 0.05) is 17.7 Å². The molecular formula is C25H30N2OS. The fraction of sp³-hybridized carbons (Fsp3) is 0.440. The average Bonchev–Trinajstić information content (AvgIpc) is 2.76. The first kappa shape index (κ1) is 20.1. The van der Waals surface area contributed by atoms with Crippen LogP contribution in [0, 0.1) is 16.6 Å². The van der Waals surface area contributed by atoms with Crippen molar-refractivity contribution in [1.82, 2.24) is 9.97 Å². The molecule has 152 valence electrons. The van der Waals surface area contributed by atoms with Gasteiger partial charge >= 0.3 is 0 Å². The molecule has 0 saturated heterocycles. The maximum Gasteiger partial charge on any atom is 0.255 e. The quantitative estimate of drug-likeness (QED) is 0.599. The third-order valence-electron chi connectivity index (χ3n) is 6.74. The minimum absolute atomic E-state index is 0.0304. The van der Waals surface area contributed by atoms with Gasteiger partial charge in [-0.3, -0.25) is 9.78 Å². The molecule has 29 heavy (non-hydrogen) atoms. The first-order valence-electron chi connectivity index (χ1n) is 10.9. The van der Waals surface area contributed by atoms with Crippen LogP contribution < -0.4 is 5.56 Å². The summed E-state index contributed by atoms with van der Waals surface area (Å²) in [7, 11) is 0. The number of H-pyrrole nitrogens is 2. The molecule has 0 bridgehead atoms. The van der Waals surface area contributed by atoms with Gasteiger partial charge in [0.1, 0.15) is 0 Å². The standard InChI is InChI=1S/C25H30N2OS/c1-2-17-8-6-7-11-21(17)16-22-23(26-25(29)27-24(22)28)20-14-12-19(13-15-20)18-9-4-3-5-10-18/h3-9,11,18-20H,2,10,12-16H2,1H3,(H2,26,27,28,29)/t18?,19-,20-. The second kappa shape index (κ2) is 9.08. The summed E-state index contributed by atoms with van der Waals surface area (Å²) in [6.45, 7) is 2.17. The number of hydrogen-bond donors (Lipinski definition) is 2. The zero-order valence-electron chi connectivity index (χ0n) is 17.1. The molecule has 1 heterocycles. The van der Waals surface area contributed by atoms with E-state index in [9.17, 15) is 4.79 Å². The summed E-state index contributed by atoms with van der Waals surface area (Å²) in [6, 6.07) is 8.43. The Morgan fingerprint density at radius 1 is 1.03 bits per heavy atom. The van der Waals surface area contributed by atoms with E-state index in [0.29, 0.717) is 23.0 Å². The molecule has 2 aliphatic carbocycles. The third kappa shape index (κ3) is 4.53. The second-order valence-electron chi connectivity index (χ2n) is 8.42. The van der Waals surface area contributed by atoms with Gasteiger partial charge in [0.2, 0.25) is 0 Å². The van der Waals surface area contributed by atoms with Crippen molar-refractivity contribution in [3.63, 3.8) is 0 Å². The van der Waals surface area contributed by atoms with Crippen LogP contribution in [0.3, 0.4) is 0 Å². The van der Waals surface area contributed by atoms with Crippen LogP contribution >= 0.6 is 12.2 Å². The molecule has 1 atom stereocenters. The van der Waals surface area contributed by atoms with E-state index in [2.05, 4.69) is 65.5 Å². The zero-order valence-corrected chi connectivity index (χ0v) is 17.9. The predicted octanol–water partition coefficient (Wildman–Crippen LogP) is 5.99. The highest BCUT2D eigenvalue weighted by molar-refractivity contribution is 7.71. The van der Waals surface area contributed by atoms with Crippen LogP contribution in [-0.2, 0) is 12.8 Å². The first-order valence-corrected chi connectivity index (χ1v) is 11.3. The van der Waals surface area contributed by atoms with E-state index in [1.54, 1.807) is 0 Å². The predicted molar refractivity (Wildman–Crippen MR) is 122 cm³/mol. The van der Waals surface area contributed by atoms with Gasteiger partial charge in [0.05, 0.1) is 0 Å². The molecule has 0 amide bonds. The van der Waals surface area contributed by atoms with E-state index in [1.807, 2.05) is 0 Å². The number of aromatic nitrogens is 2. The number of aromatic amines is 2. The van der Waals surface area contributed by atoms with Crippen molar-refractivity contribution in [2.75, 3.05) is 0 Å². The number of hydrogen-bond acceptors (Lipinski definition) is 2. The largest absolute Gasteiger partial charge is 0.335 e. The molecule has 4 rings (SSSR count). The van der Waals surface area contributed by atoms with Gasteiger partial charge in [-0.05, 0) is 79.6 Å². The molecule has 0 aliphatic heterocycles. The van der Waals surface area contributed by atoms with Crippen LogP contribution in [0.25, 0.3) is 0 Å². The lowest BCUT2D eigenvalue weighted by Crippen LogP contribution is -2.25. The molecule has 2 N–H and O–H groups in total. The van der Waals surface area contributed by atoms with Crippen molar-refractivity contribution in [2.45, 2.75) is 57.8 Å². The van der Waals surface area contributed by atoms with Gasteiger partial charge in [-0.1, -0.05) is 55.5 Å². The third-order valence-corrected chi connectivity index (χ3v) is 6.94. The van der Waals surface area contributed by atoms with Gasteiger partial charge in [-0.25, -0.2) is 0 Å². The highest BCUT2D eigenvalue weighted by atomic mass is 32.1. The van der Waals surface area contributed by atoms with Crippen LogP contribution in [-0.4, -0.2) is 9.97 Å². The molecule has 0 radical (unpaired) electrons. The maximum absolute atomic E-state index is 12.9. The lowest BCUT2D eigenvalue weighted by molar-refractivity contribution is 0.262. The fourth-order valence-electron chi connectivity index (χ4n) is 5.10. The van der Waals surface area contributed by atoms with E-state index in [1.165, 1.54) is 30.4 Å². The number of benzene rings is 1. The Hall–Kier alpha value is -2.20. The smallest absolute Gasteiger partial charge is 0.255 e. The van der Waals surface area contributed by atoms with E-state index in [0.717, 1.165) is 36.4 Å². The number of aryl methyl sites for hydroxylation is 1. The Morgan fingerprint density at radius 2 is 1.79 bits per heavy atom. The Morgan fingerprint density at radius 3 is 2.48 bits per heavy atom. The van der Waals surface area contributed by atoms with E-state index in [-0.39, 0.29) is 5.56 Å². The molecule has 2 aromatic rings. The van der Waals surface area contributed by atoms with Crippen LogP contribution in [0.5, 0.6) is 0 Å². The van der Waals surface area contributed by atoms with Crippen LogP contribution in [0.2, 0.25) is 0 Å². The molecular weight excluding hydrogens is 376 g/mol. The molecule has 1 unspecified atom stereocenters. The van der Waals surface area contributed by atoms with Crippen molar-refractivity contribution < 1.29 is 0 Å². The van der Waals surface area contributed by atoms with Gasteiger partial charge in [-0.15, -0.1) is 0 Å². The summed E-state index contributed by atoms with van der Waals surface area (Å²) in [5.41, 5.74) is 4.45. The van der Waals surface area contributed by atoms with Gasteiger partial charge < -0.3 is 4.98 Å². The highest BCUT2D eigenvalue weighted by Gasteiger charge is 2.29. The average molecular weight is 407 g/mol. The van der Waals surface area contributed by atoms with Gasteiger partial charge in [-0.2, -0.15) is 0 Å². The fourth-order valence-corrected chi connectivity index (χ4v) is 5.31. The van der Waals surface area contributed by atoms with E-state index in [4.69, 9.17) is 12.2 Å². The Balaban J connectivity index is 1.58.